The molecule has 0 spiro atoms. The fourth-order valence-electron chi connectivity index (χ4n) is 3.21. The van der Waals surface area contributed by atoms with Gasteiger partial charge >= 0.3 is 0 Å². The summed E-state index contributed by atoms with van der Waals surface area (Å²) in [7, 11) is 0. The minimum atomic E-state index is 0.162. The minimum absolute atomic E-state index is 0.162. The number of aromatic amines is 1. The quantitative estimate of drug-likeness (QED) is 0.804. The normalized spacial score (nSPS) is 22.1. The molecule has 1 atom stereocenters. The number of hydrogen-bond acceptors (Lipinski definition) is 3. The first-order valence-electron chi connectivity index (χ1n) is 8.25. The zero-order chi connectivity index (χ0) is 13.8. The molecule has 4 nitrogen and oxygen atoms in total. The Kier molecular flexibility index (Phi) is 4.73. The maximum atomic E-state index is 6.00. The molecule has 2 fully saturated rings. The van der Waals surface area contributed by atoms with Crippen LogP contribution in [0.4, 0.5) is 0 Å². The topological polar surface area (TPSA) is 49.9 Å². The lowest BCUT2D eigenvalue weighted by Crippen LogP contribution is -2.20. The maximum Gasteiger partial charge on any atom is 0.135 e. The number of ether oxygens (including phenoxy) is 1. The molecule has 20 heavy (non-hydrogen) atoms. The van der Waals surface area contributed by atoms with Crippen molar-refractivity contribution in [2.45, 2.75) is 70.6 Å². The van der Waals surface area contributed by atoms with Gasteiger partial charge in [0.05, 0.1) is 0 Å². The predicted octanol–water partition coefficient (Wildman–Crippen LogP) is 3.32. The standard InChI is InChI=1S/C16H27N3O/c1-2-20-15(12-6-4-3-5-7-12)16-18-11-14(19-16)10-17-13-8-9-13/h11-13,15,17H,2-10H2,1H3,(H,18,19). The molecule has 112 valence electrons. The number of H-pyrrole nitrogens is 1. The van der Waals surface area contributed by atoms with Crippen LogP contribution in [-0.4, -0.2) is 22.6 Å². The Morgan fingerprint density at radius 3 is 2.80 bits per heavy atom. The Morgan fingerprint density at radius 1 is 1.30 bits per heavy atom. The molecule has 0 aromatic carbocycles. The van der Waals surface area contributed by atoms with Crippen LogP contribution < -0.4 is 5.32 Å². The summed E-state index contributed by atoms with van der Waals surface area (Å²) < 4.78 is 6.00. The van der Waals surface area contributed by atoms with Crippen molar-refractivity contribution in [3.05, 3.63) is 17.7 Å². The summed E-state index contributed by atoms with van der Waals surface area (Å²) in [6.45, 7) is 3.74. The number of aromatic nitrogens is 2. The van der Waals surface area contributed by atoms with Crippen molar-refractivity contribution in [3.8, 4) is 0 Å². The summed E-state index contributed by atoms with van der Waals surface area (Å²) in [6, 6.07) is 0.739. The van der Waals surface area contributed by atoms with Gasteiger partial charge in [0.2, 0.25) is 0 Å². The monoisotopic (exact) mass is 277 g/mol. The summed E-state index contributed by atoms with van der Waals surface area (Å²) in [5.41, 5.74) is 1.19. The largest absolute Gasteiger partial charge is 0.370 e. The first-order chi connectivity index (χ1) is 9.86. The van der Waals surface area contributed by atoms with Crippen LogP contribution in [0.3, 0.4) is 0 Å². The van der Waals surface area contributed by atoms with Crippen molar-refractivity contribution in [2.75, 3.05) is 6.61 Å². The summed E-state index contributed by atoms with van der Waals surface area (Å²) in [5, 5.41) is 3.52. The van der Waals surface area contributed by atoms with E-state index in [9.17, 15) is 0 Å². The smallest absolute Gasteiger partial charge is 0.135 e. The van der Waals surface area contributed by atoms with E-state index in [2.05, 4.69) is 22.2 Å². The molecule has 2 aliphatic carbocycles. The first-order valence-corrected chi connectivity index (χ1v) is 8.25. The SMILES string of the molecule is CCOC(c1ncc(CNC2CC2)[nH]1)C1CCCCC1. The fourth-order valence-corrected chi connectivity index (χ4v) is 3.21. The van der Waals surface area contributed by atoms with E-state index in [1.165, 1.54) is 50.6 Å². The van der Waals surface area contributed by atoms with Gasteiger partial charge in [0, 0.05) is 31.1 Å². The zero-order valence-electron chi connectivity index (χ0n) is 12.5. The van der Waals surface area contributed by atoms with E-state index in [-0.39, 0.29) is 6.10 Å². The molecule has 1 heterocycles. The molecule has 1 unspecified atom stereocenters. The van der Waals surface area contributed by atoms with E-state index >= 15 is 0 Å². The van der Waals surface area contributed by atoms with E-state index in [1.54, 1.807) is 0 Å². The van der Waals surface area contributed by atoms with Crippen molar-refractivity contribution < 1.29 is 4.74 Å². The lowest BCUT2D eigenvalue weighted by atomic mass is 9.85. The predicted molar refractivity (Wildman–Crippen MR) is 79.4 cm³/mol. The molecular weight excluding hydrogens is 250 g/mol. The van der Waals surface area contributed by atoms with Crippen molar-refractivity contribution >= 4 is 0 Å². The number of nitrogens with one attached hydrogen (secondary N) is 2. The molecule has 0 aliphatic heterocycles. The minimum Gasteiger partial charge on any atom is -0.370 e. The maximum absolute atomic E-state index is 6.00. The molecule has 2 aliphatic rings. The van der Waals surface area contributed by atoms with E-state index in [0.29, 0.717) is 5.92 Å². The van der Waals surface area contributed by atoms with Crippen LogP contribution in [0.2, 0.25) is 0 Å². The van der Waals surface area contributed by atoms with Gasteiger partial charge in [-0.15, -0.1) is 0 Å². The van der Waals surface area contributed by atoms with Crippen molar-refractivity contribution in [1.82, 2.24) is 15.3 Å². The van der Waals surface area contributed by atoms with E-state index in [1.807, 2.05) is 6.20 Å². The van der Waals surface area contributed by atoms with Crippen LogP contribution in [-0.2, 0) is 11.3 Å². The van der Waals surface area contributed by atoms with Crippen molar-refractivity contribution in [3.63, 3.8) is 0 Å². The summed E-state index contributed by atoms with van der Waals surface area (Å²) in [5.74, 6) is 1.67. The van der Waals surface area contributed by atoms with Crippen LogP contribution in [0.15, 0.2) is 6.20 Å². The van der Waals surface area contributed by atoms with Gasteiger partial charge in [-0.3, -0.25) is 0 Å². The van der Waals surface area contributed by atoms with Crippen molar-refractivity contribution in [1.29, 1.82) is 0 Å². The number of hydrogen-bond donors (Lipinski definition) is 2. The second kappa shape index (κ2) is 6.72. The molecule has 0 radical (unpaired) electrons. The Labute approximate surface area is 121 Å². The second-order valence-corrected chi connectivity index (χ2v) is 6.22. The van der Waals surface area contributed by atoms with Crippen LogP contribution >= 0.6 is 0 Å². The van der Waals surface area contributed by atoms with Crippen LogP contribution in [0.5, 0.6) is 0 Å². The molecule has 0 bridgehead atoms. The number of rotatable bonds is 7. The van der Waals surface area contributed by atoms with E-state index < -0.39 is 0 Å². The van der Waals surface area contributed by atoms with Crippen LogP contribution in [0, 0.1) is 5.92 Å². The molecule has 2 saturated carbocycles. The van der Waals surface area contributed by atoms with Gasteiger partial charge in [0.1, 0.15) is 11.9 Å². The van der Waals surface area contributed by atoms with Gasteiger partial charge in [0.15, 0.2) is 0 Å². The van der Waals surface area contributed by atoms with Gasteiger partial charge < -0.3 is 15.0 Å². The molecule has 1 aromatic rings. The Balaban J connectivity index is 1.62. The third-order valence-electron chi connectivity index (χ3n) is 4.50. The van der Waals surface area contributed by atoms with Gasteiger partial charge in [-0.25, -0.2) is 4.98 Å². The highest BCUT2D eigenvalue weighted by molar-refractivity contribution is 5.05. The summed E-state index contributed by atoms with van der Waals surface area (Å²) in [6.07, 6.45) is 11.4. The summed E-state index contributed by atoms with van der Waals surface area (Å²) >= 11 is 0. The first kappa shape index (κ1) is 14.1. The molecule has 3 rings (SSSR count). The summed E-state index contributed by atoms with van der Waals surface area (Å²) in [4.78, 5) is 8.07. The lowest BCUT2D eigenvalue weighted by Gasteiger charge is -2.28. The highest BCUT2D eigenvalue weighted by Crippen LogP contribution is 2.35. The molecule has 0 amide bonds. The zero-order valence-corrected chi connectivity index (χ0v) is 12.5. The molecule has 4 heteroatoms. The second-order valence-electron chi connectivity index (χ2n) is 6.22. The Morgan fingerprint density at radius 2 is 2.10 bits per heavy atom. The Bertz CT molecular complexity index is 408. The highest BCUT2D eigenvalue weighted by Gasteiger charge is 2.28. The molecule has 1 aromatic heterocycles. The third-order valence-corrected chi connectivity index (χ3v) is 4.50. The fraction of sp³-hybridized carbons (Fsp3) is 0.812. The molecule has 0 saturated heterocycles. The van der Waals surface area contributed by atoms with E-state index in [0.717, 1.165) is 25.0 Å². The van der Waals surface area contributed by atoms with Crippen molar-refractivity contribution in [2.24, 2.45) is 5.92 Å². The number of nitrogens with zero attached hydrogens (tertiary/aromatic N) is 1. The number of imidazole rings is 1. The molecular formula is C16H27N3O. The van der Waals surface area contributed by atoms with E-state index in [4.69, 9.17) is 4.74 Å². The third kappa shape index (κ3) is 3.61. The van der Waals surface area contributed by atoms with Gasteiger partial charge in [-0.1, -0.05) is 19.3 Å². The van der Waals surface area contributed by atoms with Gasteiger partial charge in [0.25, 0.3) is 0 Å². The van der Waals surface area contributed by atoms with Crippen LogP contribution in [0.25, 0.3) is 0 Å². The lowest BCUT2D eigenvalue weighted by molar-refractivity contribution is 0.000285. The van der Waals surface area contributed by atoms with Gasteiger partial charge in [-0.05, 0) is 38.5 Å². The average Bonchev–Trinajstić information content (AvgIpc) is 3.21. The Hall–Kier alpha value is -0.870. The average molecular weight is 277 g/mol. The molecule has 2 N–H and O–H groups in total. The highest BCUT2D eigenvalue weighted by atomic mass is 16.5. The van der Waals surface area contributed by atoms with Crippen LogP contribution in [0.1, 0.15) is 69.5 Å². The van der Waals surface area contributed by atoms with Gasteiger partial charge in [-0.2, -0.15) is 0 Å².